The van der Waals surface area contributed by atoms with Gasteiger partial charge in [-0.3, -0.25) is 14.5 Å². The number of fused-ring (bicyclic) bond motifs is 1. The molecule has 1 aromatic carbocycles. The van der Waals surface area contributed by atoms with E-state index in [0.29, 0.717) is 23.6 Å². The fourth-order valence-electron chi connectivity index (χ4n) is 2.56. The average molecular weight is 302 g/mol. The molecule has 0 spiro atoms. The molecular weight excluding hydrogens is 280 g/mol. The largest absolute Gasteiger partial charge is 0.391 e. The van der Waals surface area contributed by atoms with Crippen LogP contribution in [0.2, 0.25) is 0 Å². The van der Waals surface area contributed by atoms with Crippen molar-refractivity contribution in [1.29, 1.82) is 0 Å². The zero-order valence-electron chi connectivity index (χ0n) is 13.0. The molecule has 0 aliphatic carbocycles. The third-order valence-electron chi connectivity index (χ3n) is 3.62. The number of aliphatic hydroxyl groups is 1. The Kier molecular flexibility index (Phi) is 4.98. The smallest absolute Gasteiger partial charge is 0.259 e. The van der Waals surface area contributed by atoms with Crippen LogP contribution in [0.1, 0.15) is 36.2 Å². The Morgan fingerprint density at radius 3 is 2.55 bits per heavy atom. The highest BCUT2D eigenvalue weighted by Gasteiger charge is 2.31. The molecule has 0 aromatic heterocycles. The van der Waals surface area contributed by atoms with Crippen molar-refractivity contribution in [3.8, 4) is 0 Å². The highest BCUT2D eigenvalue weighted by atomic mass is 16.3. The molecule has 5 heteroatoms. The first-order valence-electron chi connectivity index (χ1n) is 7.45. The molecule has 0 radical (unpaired) electrons. The Bertz CT molecular complexity index is 560. The monoisotopic (exact) mass is 302 g/mol. The molecule has 1 aliphatic heterocycles. The summed E-state index contributed by atoms with van der Waals surface area (Å²) in [6.45, 7) is 8.02. The van der Waals surface area contributed by atoms with Crippen LogP contribution in [0.3, 0.4) is 0 Å². The molecule has 118 valence electrons. The second-order valence-corrected chi connectivity index (χ2v) is 5.97. The summed E-state index contributed by atoms with van der Waals surface area (Å²) in [5.74, 6) is -0.148. The molecule has 2 amide bonds. The summed E-state index contributed by atoms with van der Waals surface area (Å²) in [5, 5.41) is 12.4. The predicted octanol–water partition coefficient (Wildman–Crippen LogP) is 1.64. The van der Waals surface area contributed by atoms with Gasteiger partial charge in [-0.1, -0.05) is 38.6 Å². The maximum atomic E-state index is 12.3. The maximum absolute atomic E-state index is 12.3. The first-order chi connectivity index (χ1) is 10.4. The van der Waals surface area contributed by atoms with E-state index in [2.05, 4.69) is 11.9 Å². The van der Waals surface area contributed by atoms with Crippen LogP contribution in [-0.4, -0.2) is 41.0 Å². The number of nitrogens with one attached hydrogen (secondary N) is 1. The van der Waals surface area contributed by atoms with Crippen molar-refractivity contribution >= 4 is 17.5 Å². The van der Waals surface area contributed by atoms with Gasteiger partial charge in [0.1, 0.15) is 6.54 Å². The first kappa shape index (κ1) is 16.2. The Labute approximate surface area is 130 Å². The summed E-state index contributed by atoms with van der Waals surface area (Å²) in [6, 6.07) is 7.17. The molecule has 1 aromatic rings. The normalized spacial score (nSPS) is 15.2. The fraction of sp³-hybridized carbons (Fsp3) is 0.412. The minimum Gasteiger partial charge on any atom is -0.391 e. The van der Waals surface area contributed by atoms with E-state index in [1.54, 1.807) is 12.1 Å². The van der Waals surface area contributed by atoms with Crippen LogP contribution in [0.15, 0.2) is 30.8 Å². The van der Waals surface area contributed by atoms with Crippen LogP contribution in [0.4, 0.5) is 0 Å². The summed E-state index contributed by atoms with van der Waals surface area (Å²) >= 11 is 0. The molecule has 0 saturated carbocycles. The Balaban J connectivity index is 1.91. The van der Waals surface area contributed by atoms with Crippen molar-refractivity contribution in [3.05, 3.63) is 42.0 Å². The molecule has 1 atom stereocenters. The van der Waals surface area contributed by atoms with Crippen LogP contribution in [0.25, 0.3) is 5.70 Å². The van der Waals surface area contributed by atoms with Crippen LogP contribution in [0, 0.1) is 5.92 Å². The van der Waals surface area contributed by atoms with E-state index in [1.807, 2.05) is 26.0 Å². The lowest BCUT2D eigenvalue weighted by atomic mass is 10.1. The molecule has 1 unspecified atom stereocenters. The molecule has 0 fully saturated rings. The van der Waals surface area contributed by atoms with Crippen molar-refractivity contribution in [1.82, 2.24) is 10.2 Å². The van der Waals surface area contributed by atoms with Gasteiger partial charge in [0.25, 0.3) is 5.91 Å². The second kappa shape index (κ2) is 6.75. The van der Waals surface area contributed by atoms with Gasteiger partial charge in [0.05, 0.1) is 6.10 Å². The minimum atomic E-state index is -0.571. The van der Waals surface area contributed by atoms with Crippen molar-refractivity contribution in [3.63, 3.8) is 0 Å². The highest BCUT2D eigenvalue weighted by molar-refractivity contribution is 6.10. The van der Waals surface area contributed by atoms with Crippen LogP contribution >= 0.6 is 0 Å². The number of aliphatic hydroxyl groups excluding tert-OH is 1. The number of carbonyl (C=O) groups is 2. The summed E-state index contributed by atoms with van der Waals surface area (Å²) in [4.78, 5) is 25.6. The van der Waals surface area contributed by atoms with E-state index in [4.69, 9.17) is 0 Å². The number of amides is 2. The number of hydrogen-bond donors (Lipinski definition) is 2. The summed E-state index contributed by atoms with van der Waals surface area (Å²) in [5.41, 5.74) is 1.87. The zero-order chi connectivity index (χ0) is 16.3. The van der Waals surface area contributed by atoms with Crippen LogP contribution < -0.4 is 5.32 Å². The molecule has 2 rings (SSSR count). The fourth-order valence-corrected chi connectivity index (χ4v) is 2.56. The summed E-state index contributed by atoms with van der Waals surface area (Å²) in [7, 11) is 0. The lowest BCUT2D eigenvalue weighted by Gasteiger charge is -2.18. The van der Waals surface area contributed by atoms with E-state index >= 15 is 0 Å². The molecule has 1 aliphatic rings. The van der Waals surface area contributed by atoms with Gasteiger partial charge in [-0.2, -0.15) is 0 Å². The van der Waals surface area contributed by atoms with Gasteiger partial charge in [0.15, 0.2) is 0 Å². The molecule has 5 nitrogen and oxygen atoms in total. The molecule has 0 bridgehead atoms. The third kappa shape index (κ3) is 3.54. The van der Waals surface area contributed by atoms with Gasteiger partial charge in [-0.25, -0.2) is 0 Å². The van der Waals surface area contributed by atoms with Crippen molar-refractivity contribution < 1.29 is 14.7 Å². The van der Waals surface area contributed by atoms with Crippen molar-refractivity contribution in [2.75, 3.05) is 13.1 Å². The second-order valence-electron chi connectivity index (χ2n) is 5.97. The number of carbonyl (C=O) groups excluding carboxylic acids is 2. The molecule has 1 heterocycles. The van der Waals surface area contributed by atoms with E-state index < -0.39 is 6.10 Å². The predicted molar refractivity (Wildman–Crippen MR) is 85.0 cm³/mol. The Morgan fingerprint density at radius 1 is 1.32 bits per heavy atom. The number of rotatable bonds is 6. The topological polar surface area (TPSA) is 69.6 Å². The van der Waals surface area contributed by atoms with Gasteiger partial charge in [0.2, 0.25) is 5.91 Å². The minimum absolute atomic E-state index is 0.0826. The Morgan fingerprint density at radius 2 is 1.95 bits per heavy atom. The number of benzene rings is 1. The standard InChI is InChI=1S/C17H22N2O3/c1-11(2)8-13(20)9-18-16(21)10-19-12(3)14-6-4-5-7-15(14)17(19)22/h4-7,11,13,20H,3,8-10H2,1-2H3,(H,18,21). The zero-order valence-corrected chi connectivity index (χ0v) is 13.0. The molecular formula is C17H22N2O3. The van der Waals surface area contributed by atoms with E-state index in [9.17, 15) is 14.7 Å². The van der Waals surface area contributed by atoms with Gasteiger partial charge in [0, 0.05) is 23.4 Å². The maximum Gasteiger partial charge on any atom is 0.259 e. The average Bonchev–Trinajstić information content (AvgIpc) is 2.70. The van der Waals surface area contributed by atoms with Crippen molar-refractivity contribution in [2.45, 2.75) is 26.4 Å². The van der Waals surface area contributed by atoms with Gasteiger partial charge in [-0.15, -0.1) is 0 Å². The third-order valence-corrected chi connectivity index (χ3v) is 3.62. The van der Waals surface area contributed by atoms with Gasteiger partial charge >= 0.3 is 0 Å². The molecule has 22 heavy (non-hydrogen) atoms. The highest BCUT2D eigenvalue weighted by Crippen LogP contribution is 2.30. The summed E-state index contributed by atoms with van der Waals surface area (Å²) < 4.78 is 0. The van der Waals surface area contributed by atoms with Gasteiger partial charge in [-0.05, 0) is 18.4 Å². The lowest BCUT2D eigenvalue weighted by molar-refractivity contribution is -0.121. The SMILES string of the molecule is C=C1c2ccccc2C(=O)N1CC(=O)NCC(O)CC(C)C. The van der Waals surface area contributed by atoms with E-state index in [1.165, 1.54) is 4.90 Å². The van der Waals surface area contributed by atoms with Crippen LogP contribution in [-0.2, 0) is 4.79 Å². The number of hydrogen-bond acceptors (Lipinski definition) is 3. The van der Waals surface area contributed by atoms with Crippen LogP contribution in [0.5, 0.6) is 0 Å². The number of nitrogens with zero attached hydrogens (tertiary/aromatic N) is 1. The first-order valence-corrected chi connectivity index (χ1v) is 7.45. The van der Waals surface area contributed by atoms with E-state index in [0.717, 1.165) is 5.56 Å². The quantitative estimate of drug-likeness (QED) is 0.839. The Hall–Kier alpha value is -2.14. The molecule has 0 saturated heterocycles. The lowest BCUT2D eigenvalue weighted by Crippen LogP contribution is -2.40. The summed E-state index contributed by atoms with van der Waals surface area (Å²) in [6.07, 6.45) is 0.0554. The van der Waals surface area contributed by atoms with Crippen molar-refractivity contribution in [2.24, 2.45) is 5.92 Å². The van der Waals surface area contributed by atoms with Gasteiger partial charge < -0.3 is 10.4 Å². The van der Waals surface area contributed by atoms with E-state index in [-0.39, 0.29) is 24.9 Å². The molecule has 2 N–H and O–H groups in total.